The van der Waals surface area contributed by atoms with Gasteiger partial charge in [0.2, 0.25) is 5.91 Å². The SMILES string of the molecule is CCN(CC(=O)NC(C)(C#N)C1CC1)c1ccc(C)cc1C. The molecule has 0 spiro atoms. The second kappa shape index (κ2) is 6.39. The Morgan fingerprint density at radius 2 is 2.14 bits per heavy atom. The van der Waals surface area contributed by atoms with Gasteiger partial charge in [-0.05, 0) is 58.1 Å². The van der Waals surface area contributed by atoms with E-state index in [0.29, 0.717) is 5.92 Å². The molecular formula is C18H25N3O. The molecule has 1 aliphatic rings. The number of carbonyl (C=O) groups excluding carboxylic acids is 1. The van der Waals surface area contributed by atoms with Gasteiger partial charge >= 0.3 is 0 Å². The highest BCUT2D eigenvalue weighted by Crippen LogP contribution is 2.39. The number of rotatable bonds is 6. The van der Waals surface area contributed by atoms with E-state index in [2.05, 4.69) is 48.3 Å². The largest absolute Gasteiger partial charge is 0.362 e. The van der Waals surface area contributed by atoms with Crippen molar-refractivity contribution in [3.8, 4) is 6.07 Å². The lowest BCUT2D eigenvalue weighted by atomic mass is 9.98. The van der Waals surface area contributed by atoms with Crippen molar-refractivity contribution in [2.45, 2.75) is 46.1 Å². The van der Waals surface area contributed by atoms with Crippen LogP contribution in [0.5, 0.6) is 0 Å². The molecule has 0 radical (unpaired) electrons. The minimum atomic E-state index is -0.723. The van der Waals surface area contributed by atoms with E-state index in [1.807, 2.05) is 13.8 Å². The first-order valence-corrected chi connectivity index (χ1v) is 7.94. The molecule has 1 aliphatic carbocycles. The lowest BCUT2D eigenvalue weighted by Crippen LogP contribution is -2.50. The van der Waals surface area contributed by atoms with Crippen LogP contribution in [0.1, 0.15) is 37.8 Å². The number of benzene rings is 1. The molecule has 1 unspecified atom stereocenters. The minimum absolute atomic E-state index is 0.0854. The predicted molar refractivity (Wildman–Crippen MR) is 88.7 cm³/mol. The summed E-state index contributed by atoms with van der Waals surface area (Å²) < 4.78 is 0. The molecule has 0 heterocycles. The maximum atomic E-state index is 12.4. The van der Waals surface area contributed by atoms with Gasteiger partial charge in [0.25, 0.3) is 0 Å². The molecule has 4 nitrogen and oxygen atoms in total. The molecule has 118 valence electrons. The van der Waals surface area contributed by atoms with Gasteiger partial charge < -0.3 is 10.2 Å². The molecule has 1 amide bonds. The van der Waals surface area contributed by atoms with Crippen LogP contribution in [0.2, 0.25) is 0 Å². The molecule has 1 saturated carbocycles. The Labute approximate surface area is 133 Å². The van der Waals surface area contributed by atoms with Crippen molar-refractivity contribution in [2.24, 2.45) is 5.92 Å². The van der Waals surface area contributed by atoms with Crippen LogP contribution in [0.25, 0.3) is 0 Å². The monoisotopic (exact) mass is 299 g/mol. The highest BCUT2D eigenvalue weighted by molar-refractivity contribution is 5.82. The first kappa shape index (κ1) is 16.4. The van der Waals surface area contributed by atoms with Gasteiger partial charge in [0.05, 0.1) is 12.6 Å². The zero-order valence-electron chi connectivity index (χ0n) is 13.9. The van der Waals surface area contributed by atoms with Gasteiger partial charge in [0.15, 0.2) is 0 Å². The van der Waals surface area contributed by atoms with E-state index in [1.165, 1.54) is 11.1 Å². The molecule has 1 atom stereocenters. The van der Waals surface area contributed by atoms with Crippen LogP contribution in [-0.4, -0.2) is 24.5 Å². The molecule has 22 heavy (non-hydrogen) atoms. The summed E-state index contributed by atoms with van der Waals surface area (Å²) in [6.45, 7) is 9.03. The topological polar surface area (TPSA) is 56.1 Å². The molecule has 0 bridgehead atoms. The standard InChI is InChI=1S/C18H25N3O/c1-5-21(16-9-6-13(2)10-14(16)3)11-17(22)20-18(4,12-19)15-7-8-15/h6,9-10,15H,5,7-8,11H2,1-4H3,(H,20,22). The molecule has 1 aromatic rings. The molecule has 1 fully saturated rings. The smallest absolute Gasteiger partial charge is 0.240 e. The fourth-order valence-electron chi connectivity index (χ4n) is 2.91. The third-order valence-electron chi connectivity index (χ3n) is 4.43. The Balaban J connectivity index is 2.06. The molecular weight excluding hydrogens is 274 g/mol. The molecule has 1 N–H and O–H groups in total. The molecule has 0 aliphatic heterocycles. The Morgan fingerprint density at radius 3 is 2.64 bits per heavy atom. The normalized spacial score (nSPS) is 16.5. The lowest BCUT2D eigenvalue weighted by Gasteiger charge is -2.28. The van der Waals surface area contributed by atoms with Crippen molar-refractivity contribution in [3.05, 3.63) is 29.3 Å². The van der Waals surface area contributed by atoms with E-state index in [0.717, 1.165) is 25.1 Å². The number of hydrogen-bond acceptors (Lipinski definition) is 3. The second-order valence-electron chi connectivity index (χ2n) is 6.44. The second-order valence-corrected chi connectivity index (χ2v) is 6.44. The number of carbonyl (C=O) groups is 1. The van der Waals surface area contributed by atoms with Crippen LogP contribution in [0, 0.1) is 31.1 Å². The van der Waals surface area contributed by atoms with Crippen molar-refractivity contribution >= 4 is 11.6 Å². The van der Waals surface area contributed by atoms with E-state index in [-0.39, 0.29) is 12.5 Å². The number of hydrogen-bond donors (Lipinski definition) is 1. The molecule has 0 aromatic heterocycles. The van der Waals surface area contributed by atoms with Crippen LogP contribution < -0.4 is 10.2 Å². The number of nitriles is 1. The Morgan fingerprint density at radius 1 is 1.45 bits per heavy atom. The Bertz CT molecular complexity index is 601. The van der Waals surface area contributed by atoms with E-state index in [4.69, 9.17) is 0 Å². The van der Waals surface area contributed by atoms with Crippen LogP contribution in [0.3, 0.4) is 0 Å². The number of likely N-dealkylation sites (N-methyl/N-ethyl adjacent to an activating group) is 1. The average Bonchev–Trinajstić information content (AvgIpc) is 3.30. The van der Waals surface area contributed by atoms with Gasteiger partial charge in [-0.1, -0.05) is 17.7 Å². The number of amides is 1. The summed E-state index contributed by atoms with van der Waals surface area (Å²) in [4.78, 5) is 14.4. The van der Waals surface area contributed by atoms with Gasteiger partial charge in [-0.25, -0.2) is 0 Å². The zero-order chi connectivity index (χ0) is 16.3. The number of aryl methyl sites for hydroxylation is 2. The fraction of sp³-hybridized carbons (Fsp3) is 0.556. The number of nitrogens with one attached hydrogen (secondary N) is 1. The van der Waals surface area contributed by atoms with Crippen molar-refractivity contribution in [1.82, 2.24) is 5.32 Å². The maximum Gasteiger partial charge on any atom is 0.240 e. The summed E-state index contributed by atoms with van der Waals surface area (Å²) in [6, 6.07) is 8.52. The minimum Gasteiger partial charge on any atom is -0.362 e. The van der Waals surface area contributed by atoms with Gasteiger partial charge in [-0.15, -0.1) is 0 Å². The predicted octanol–water partition coefficient (Wildman–Crippen LogP) is 2.94. The first-order chi connectivity index (χ1) is 10.4. The third-order valence-corrected chi connectivity index (χ3v) is 4.43. The Kier molecular flexibility index (Phi) is 4.75. The number of nitrogens with zero attached hydrogens (tertiary/aromatic N) is 2. The van der Waals surface area contributed by atoms with E-state index in [9.17, 15) is 10.1 Å². The highest BCUT2D eigenvalue weighted by Gasteiger charge is 2.43. The first-order valence-electron chi connectivity index (χ1n) is 7.94. The van der Waals surface area contributed by atoms with Gasteiger partial charge in [0.1, 0.15) is 5.54 Å². The van der Waals surface area contributed by atoms with Crippen LogP contribution in [0.15, 0.2) is 18.2 Å². The average molecular weight is 299 g/mol. The molecule has 0 saturated heterocycles. The summed E-state index contributed by atoms with van der Waals surface area (Å²) in [5.74, 6) is 0.218. The van der Waals surface area contributed by atoms with E-state index >= 15 is 0 Å². The van der Waals surface area contributed by atoms with Gasteiger partial charge in [0, 0.05) is 12.2 Å². The number of anilines is 1. The Hall–Kier alpha value is -2.02. The van der Waals surface area contributed by atoms with Crippen molar-refractivity contribution in [1.29, 1.82) is 5.26 Å². The quantitative estimate of drug-likeness (QED) is 0.878. The summed E-state index contributed by atoms with van der Waals surface area (Å²) in [6.07, 6.45) is 2.05. The van der Waals surface area contributed by atoms with Gasteiger partial charge in [-0.2, -0.15) is 5.26 Å². The molecule has 2 rings (SSSR count). The highest BCUT2D eigenvalue weighted by atomic mass is 16.2. The van der Waals surface area contributed by atoms with Crippen molar-refractivity contribution in [2.75, 3.05) is 18.0 Å². The fourth-order valence-corrected chi connectivity index (χ4v) is 2.91. The summed E-state index contributed by atoms with van der Waals surface area (Å²) in [5.41, 5.74) is 2.74. The van der Waals surface area contributed by atoms with Gasteiger partial charge in [-0.3, -0.25) is 4.79 Å². The van der Waals surface area contributed by atoms with Crippen molar-refractivity contribution in [3.63, 3.8) is 0 Å². The van der Waals surface area contributed by atoms with Crippen LogP contribution in [-0.2, 0) is 4.79 Å². The summed E-state index contributed by atoms with van der Waals surface area (Å²) >= 11 is 0. The lowest BCUT2D eigenvalue weighted by molar-refractivity contribution is -0.121. The van der Waals surface area contributed by atoms with Crippen LogP contribution in [0.4, 0.5) is 5.69 Å². The third kappa shape index (κ3) is 3.59. The van der Waals surface area contributed by atoms with E-state index in [1.54, 1.807) is 0 Å². The zero-order valence-corrected chi connectivity index (χ0v) is 13.9. The van der Waals surface area contributed by atoms with E-state index < -0.39 is 5.54 Å². The maximum absolute atomic E-state index is 12.4. The molecule has 1 aromatic carbocycles. The summed E-state index contributed by atoms with van der Waals surface area (Å²) in [7, 11) is 0. The van der Waals surface area contributed by atoms with Crippen LogP contribution >= 0.6 is 0 Å². The molecule has 4 heteroatoms. The summed E-state index contributed by atoms with van der Waals surface area (Å²) in [5, 5.41) is 12.3. The van der Waals surface area contributed by atoms with Crippen molar-refractivity contribution < 1.29 is 4.79 Å².